The van der Waals surface area contributed by atoms with Crippen molar-refractivity contribution in [1.82, 2.24) is 0 Å². The topological polar surface area (TPSA) is 52.6 Å². The lowest BCUT2D eigenvalue weighted by atomic mass is 9.80. The van der Waals surface area contributed by atoms with Gasteiger partial charge in [-0.15, -0.1) is 0 Å². The summed E-state index contributed by atoms with van der Waals surface area (Å²) in [5, 5.41) is 0. The van der Waals surface area contributed by atoms with E-state index in [1.807, 2.05) is 0 Å². The summed E-state index contributed by atoms with van der Waals surface area (Å²) in [6, 6.07) is 0. The Bertz CT molecular complexity index is 301. The molecule has 0 aromatic carbocycles. The molecule has 4 heteroatoms. The first-order chi connectivity index (χ1) is 9.02. The molecule has 1 aliphatic carbocycles. The van der Waals surface area contributed by atoms with E-state index in [4.69, 9.17) is 9.47 Å². The van der Waals surface area contributed by atoms with Gasteiger partial charge in [0.05, 0.1) is 6.61 Å². The Morgan fingerprint density at radius 3 is 2.37 bits per heavy atom. The van der Waals surface area contributed by atoms with Crippen LogP contribution in [-0.2, 0) is 19.1 Å². The number of hydrogen-bond donors (Lipinski definition) is 0. The maximum Gasteiger partial charge on any atom is 0.306 e. The predicted octanol–water partition coefficient (Wildman–Crippen LogP) is 3.09. The third-order valence-electron chi connectivity index (χ3n) is 3.92. The molecule has 0 aromatic rings. The van der Waals surface area contributed by atoms with Crippen LogP contribution in [-0.4, -0.2) is 24.6 Å². The van der Waals surface area contributed by atoms with Crippen molar-refractivity contribution in [2.24, 2.45) is 11.8 Å². The number of carbonyl (C=O) groups excluding carboxylic acids is 2. The predicted molar refractivity (Wildman–Crippen MR) is 72.5 cm³/mol. The second-order valence-electron chi connectivity index (χ2n) is 5.54. The van der Waals surface area contributed by atoms with Crippen molar-refractivity contribution >= 4 is 11.9 Å². The first-order valence-electron chi connectivity index (χ1n) is 7.38. The van der Waals surface area contributed by atoms with E-state index in [9.17, 15) is 9.59 Å². The zero-order valence-electron chi connectivity index (χ0n) is 12.3. The number of esters is 2. The summed E-state index contributed by atoms with van der Waals surface area (Å²) in [5.41, 5.74) is 0. The van der Waals surface area contributed by atoms with Crippen LogP contribution in [0.2, 0.25) is 0 Å². The molecule has 0 radical (unpaired) electrons. The summed E-state index contributed by atoms with van der Waals surface area (Å²) >= 11 is 0. The van der Waals surface area contributed by atoms with Gasteiger partial charge in [0.25, 0.3) is 0 Å². The normalized spacial score (nSPS) is 26.8. The highest BCUT2D eigenvalue weighted by atomic mass is 16.5. The molecule has 0 saturated heterocycles. The number of rotatable bonds is 6. The van der Waals surface area contributed by atoms with Gasteiger partial charge in [-0.25, -0.2) is 0 Å². The van der Waals surface area contributed by atoms with E-state index in [0.29, 0.717) is 31.8 Å². The van der Waals surface area contributed by atoms with Gasteiger partial charge < -0.3 is 9.47 Å². The molecule has 1 aliphatic rings. The van der Waals surface area contributed by atoms with Gasteiger partial charge in [-0.1, -0.05) is 13.8 Å². The highest BCUT2D eigenvalue weighted by Gasteiger charge is 2.26. The van der Waals surface area contributed by atoms with Crippen LogP contribution in [0.25, 0.3) is 0 Å². The average molecular weight is 270 g/mol. The van der Waals surface area contributed by atoms with E-state index in [0.717, 1.165) is 25.2 Å². The Labute approximate surface area is 115 Å². The molecule has 0 aromatic heterocycles. The van der Waals surface area contributed by atoms with Gasteiger partial charge in [-0.2, -0.15) is 0 Å². The largest absolute Gasteiger partial charge is 0.466 e. The van der Waals surface area contributed by atoms with Gasteiger partial charge in [-0.05, 0) is 44.4 Å². The molecule has 0 bridgehead atoms. The minimum atomic E-state index is -0.240. The smallest absolute Gasteiger partial charge is 0.306 e. The third-order valence-corrected chi connectivity index (χ3v) is 3.92. The molecule has 0 spiro atoms. The number of ether oxygens (including phenoxy) is 2. The highest BCUT2D eigenvalue weighted by Crippen LogP contribution is 2.31. The summed E-state index contributed by atoms with van der Waals surface area (Å²) in [5.74, 6) is 0.913. The Balaban J connectivity index is 2.15. The summed E-state index contributed by atoms with van der Waals surface area (Å²) in [6.07, 6.45) is 4.24. The Morgan fingerprint density at radius 1 is 1.05 bits per heavy atom. The molecule has 0 aliphatic heterocycles. The van der Waals surface area contributed by atoms with Crippen molar-refractivity contribution < 1.29 is 19.1 Å². The van der Waals surface area contributed by atoms with E-state index in [1.54, 1.807) is 6.92 Å². The van der Waals surface area contributed by atoms with E-state index >= 15 is 0 Å². The minimum Gasteiger partial charge on any atom is -0.466 e. The van der Waals surface area contributed by atoms with E-state index in [2.05, 4.69) is 13.8 Å². The fourth-order valence-corrected chi connectivity index (χ4v) is 2.46. The van der Waals surface area contributed by atoms with Crippen molar-refractivity contribution in [2.75, 3.05) is 6.61 Å². The monoisotopic (exact) mass is 270 g/mol. The van der Waals surface area contributed by atoms with Crippen LogP contribution in [0.5, 0.6) is 0 Å². The highest BCUT2D eigenvalue weighted by molar-refractivity contribution is 5.72. The van der Waals surface area contributed by atoms with Crippen LogP contribution in [0.4, 0.5) is 0 Å². The molecular formula is C15H26O4. The third kappa shape index (κ3) is 6.08. The summed E-state index contributed by atoms with van der Waals surface area (Å²) in [4.78, 5) is 22.8. The SMILES string of the molecule is CCOC(=O)CCCC(=O)OC1CCC(C)C(C)C1. The lowest BCUT2D eigenvalue weighted by molar-refractivity contribution is -0.152. The second-order valence-corrected chi connectivity index (χ2v) is 5.54. The van der Waals surface area contributed by atoms with Gasteiger partial charge in [0.2, 0.25) is 0 Å². The van der Waals surface area contributed by atoms with Crippen LogP contribution >= 0.6 is 0 Å². The second kappa shape index (κ2) is 8.18. The van der Waals surface area contributed by atoms with Crippen LogP contribution in [0, 0.1) is 11.8 Å². The molecule has 0 amide bonds. The molecule has 1 saturated carbocycles. The molecule has 0 heterocycles. The zero-order chi connectivity index (χ0) is 14.3. The molecule has 1 fully saturated rings. The molecule has 0 N–H and O–H groups in total. The maximum atomic E-state index is 11.7. The van der Waals surface area contributed by atoms with E-state index in [1.165, 1.54) is 0 Å². The molecule has 1 rings (SSSR count). The van der Waals surface area contributed by atoms with Crippen LogP contribution in [0.1, 0.15) is 59.3 Å². The molecule has 3 unspecified atom stereocenters. The van der Waals surface area contributed by atoms with Crippen molar-refractivity contribution in [3.8, 4) is 0 Å². The van der Waals surface area contributed by atoms with Crippen molar-refractivity contribution in [2.45, 2.75) is 65.4 Å². The first-order valence-corrected chi connectivity index (χ1v) is 7.38. The molecule has 3 atom stereocenters. The molecule has 4 nitrogen and oxygen atoms in total. The van der Waals surface area contributed by atoms with E-state index < -0.39 is 0 Å². The summed E-state index contributed by atoms with van der Waals surface area (Å²) < 4.78 is 10.3. The standard InChI is InChI=1S/C15H26O4/c1-4-18-14(16)6-5-7-15(17)19-13-9-8-11(2)12(3)10-13/h11-13H,4-10H2,1-3H3. The van der Waals surface area contributed by atoms with Gasteiger partial charge in [0.1, 0.15) is 6.10 Å². The van der Waals surface area contributed by atoms with Gasteiger partial charge in [0, 0.05) is 12.8 Å². The van der Waals surface area contributed by atoms with Gasteiger partial charge in [-0.3, -0.25) is 9.59 Å². The first kappa shape index (κ1) is 16.0. The Morgan fingerprint density at radius 2 is 1.74 bits per heavy atom. The fourth-order valence-electron chi connectivity index (χ4n) is 2.46. The van der Waals surface area contributed by atoms with Crippen molar-refractivity contribution in [3.63, 3.8) is 0 Å². The van der Waals surface area contributed by atoms with Crippen LogP contribution < -0.4 is 0 Å². The van der Waals surface area contributed by atoms with E-state index in [-0.39, 0.29) is 18.0 Å². The van der Waals surface area contributed by atoms with Crippen molar-refractivity contribution in [1.29, 1.82) is 0 Å². The van der Waals surface area contributed by atoms with Gasteiger partial charge in [0.15, 0.2) is 0 Å². The molecular weight excluding hydrogens is 244 g/mol. The summed E-state index contributed by atoms with van der Waals surface area (Å²) in [7, 11) is 0. The minimum absolute atomic E-state index is 0.0706. The quantitative estimate of drug-likeness (QED) is 0.696. The Hall–Kier alpha value is -1.06. The Kier molecular flexibility index (Phi) is 6.89. The van der Waals surface area contributed by atoms with Gasteiger partial charge >= 0.3 is 11.9 Å². The molecule has 110 valence electrons. The summed E-state index contributed by atoms with van der Waals surface area (Å²) in [6.45, 7) is 6.63. The van der Waals surface area contributed by atoms with Crippen molar-refractivity contribution in [3.05, 3.63) is 0 Å². The van der Waals surface area contributed by atoms with Crippen LogP contribution in [0.3, 0.4) is 0 Å². The zero-order valence-corrected chi connectivity index (χ0v) is 12.3. The average Bonchev–Trinajstić information content (AvgIpc) is 2.34. The molecule has 19 heavy (non-hydrogen) atoms. The maximum absolute atomic E-state index is 11.7. The lowest BCUT2D eigenvalue weighted by Gasteiger charge is -2.31. The number of carbonyl (C=O) groups is 2. The lowest BCUT2D eigenvalue weighted by Crippen LogP contribution is -2.28. The fraction of sp³-hybridized carbons (Fsp3) is 0.867. The number of hydrogen-bond acceptors (Lipinski definition) is 4. The van der Waals surface area contributed by atoms with Crippen LogP contribution in [0.15, 0.2) is 0 Å².